The topological polar surface area (TPSA) is 79.2 Å². The molecule has 1 aliphatic heterocycles. The van der Waals surface area contributed by atoms with Gasteiger partial charge in [-0.2, -0.15) is 4.98 Å². The lowest BCUT2D eigenvalue weighted by atomic mass is 9.90. The summed E-state index contributed by atoms with van der Waals surface area (Å²) in [7, 11) is 0. The summed E-state index contributed by atoms with van der Waals surface area (Å²) in [5, 5.41) is 9.59. The van der Waals surface area contributed by atoms with Crippen molar-refractivity contribution < 1.29 is 14.3 Å². The first kappa shape index (κ1) is 16.1. The normalized spacial score (nSPS) is 16.2. The van der Waals surface area contributed by atoms with E-state index in [1.54, 1.807) is 12.1 Å². The van der Waals surface area contributed by atoms with Crippen LogP contribution in [-0.4, -0.2) is 32.6 Å². The minimum atomic E-state index is -0.887. The summed E-state index contributed by atoms with van der Waals surface area (Å²) < 4.78 is 13.5. The van der Waals surface area contributed by atoms with Crippen LogP contribution in [0.15, 0.2) is 54.9 Å². The van der Waals surface area contributed by atoms with Gasteiger partial charge in [0.2, 0.25) is 5.95 Å². The fourth-order valence-electron chi connectivity index (χ4n) is 3.18. The van der Waals surface area contributed by atoms with Crippen molar-refractivity contribution in [1.82, 2.24) is 15.0 Å². The Kier molecular flexibility index (Phi) is 4.04. The Hall–Kier alpha value is -3.35. The molecule has 0 radical (unpaired) electrons. The zero-order chi connectivity index (χ0) is 18.1. The third-order valence-electron chi connectivity index (χ3n) is 4.42. The van der Waals surface area contributed by atoms with Gasteiger partial charge in [0.1, 0.15) is 12.1 Å². The predicted molar refractivity (Wildman–Crippen MR) is 93.1 cm³/mol. The lowest BCUT2D eigenvalue weighted by molar-refractivity contribution is -0.138. The van der Waals surface area contributed by atoms with Crippen LogP contribution < -0.4 is 4.90 Å². The van der Waals surface area contributed by atoms with Gasteiger partial charge < -0.3 is 10.0 Å². The Morgan fingerprint density at radius 2 is 2.00 bits per heavy atom. The summed E-state index contributed by atoms with van der Waals surface area (Å²) in [6.45, 7) is 0.769. The minimum absolute atomic E-state index is 0.263. The first-order chi connectivity index (χ1) is 12.6. The number of rotatable bonds is 3. The molecule has 4 rings (SSSR count). The van der Waals surface area contributed by atoms with Crippen molar-refractivity contribution in [3.63, 3.8) is 0 Å². The van der Waals surface area contributed by atoms with Gasteiger partial charge in [-0.1, -0.05) is 36.4 Å². The molecule has 1 N–H and O–H groups in total. The van der Waals surface area contributed by atoms with Gasteiger partial charge >= 0.3 is 5.97 Å². The summed E-state index contributed by atoms with van der Waals surface area (Å²) >= 11 is 0. The van der Waals surface area contributed by atoms with Crippen LogP contribution in [0, 0.1) is 5.82 Å². The molecule has 1 aliphatic rings. The fourth-order valence-corrected chi connectivity index (χ4v) is 3.18. The largest absolute Gasteiger partial charge is 0.481 e. The molecule has 7 heteroatoms. The van der Waals surface area contributed by atoms with Crippen molar-refractivity contribution in [2.24, 2.45) is 0 Å². The standard InChI is InChI=1S/C19H15FN4O2/c20-14-6-3-5-12(8-14)17-21-11-22-19(23-17)24-9-13-4-1-2-7-15(13)16(10-24)18(25)26/h1-8,11,16H,9-10H2,(H,25,26). The predicted octanol–water partition coefficient (Wildman–Crippen LogP) is 2.87. The third-order valence-corrected chi connectivity index (χ3v) is 4.42. The van der Waals surface area contributed by atoms with E-state index in [0.717, 1.165) is 11.1 Å². The highest BCUT2D eigenvalue weighted by atomic mass is 19.1. The molecule has 0 saturated carbocycles. The zero-order valence-corrected chi connectivity index (χ0v) is 13.7. The molecular formula is C19H15FN4O2. The molecule has 26 heavy (non-hydrogen) atoms. The third kappa shape index (κ3) is 2.99. The molecular weight excluding hydrogens is 335 g/mol. The number of carboxylic acids is 1. The average molecular weight is 350 g/mol. The average Bonchev–Trinajstić information content (AvgIpc) is 2.67. The molecule has 2 heterocycles. The van der Waals surface area contributed by atoms with E-state index in [1.165, 1.54) is 18.5 Å². The van der Waals surface area contributed by atoms with Crippen molar-refractivity contribution in [2.75, 3.05) is 11.4 Å². The number of aromatic nitrogens is 3. The second-order valence-corrected chi connectivity index (χ2v) is 6.09. The Morgan fingerprint density at radius 3 is 2.81 bits per heavy atom. The second kappa shape index (κ2) is 6.51. The molecule has 0 fully saturated rings. The number of aliphatic carboxylic acids is 1. The van der Waals surface area contributed by atoms with Crippen LogP contribution in [0.25, 0.3) is 11.4 Å². The number of carbonyl (C=O) groups is 1. The number of fused-ring (bicyclic) bond motifs is 1. The molecule has 1 aromatic heterocycles. The molecule has 0 aliphatic carbocycles. The number of benzene rings is 2. The van der Waals surface area contributed by atoms with E-state index in [0.29, 0.717) is 23.9 Å². The number of nitrogens with zero attached hydrogens (tertiary/aromatic N) is 4. The van der Waals surface area contributed by atoms with Gasteiger partial charge in [-0.3, -0.25) is 4.79 Å². The lowest BCUT2D eigenvalue weighted by Gasteiger charge is -2.32. The monoisotopic (exact) mass is 350 g/mol. The molecule has 0 spiro atoms. The van der Waals surface area contributed by atoms with Gasteiger partial charge in [-0.25, -0.2) is 14.4 Å². The molecule has 1 unspecified atom stereocenters. The Balaban J connectivity index is 1.70. The highest BCUT2D eigenvalue weighted by molar-refractivity contribution is 5.78. The van der Waals surface area contributed by atoms with E-state index in [9.17, 15) is 14.3 Å². The Morgan fingerprint density at radius 1 is 1.15 bits per heavy atom. The second-order valence-electron chi connectivity index (χ2n) is 6.09. The van der Waals surface area contributed by atoms with Gasteiger partial charge in [-0.05, 0) is 23.3 Å². The van der Waals surface area contributed by atoms with Crippen LogP contribution in [0.5, 0.6) is 0 Å². The van der Waals surface area contributed by atoms with Crippen LogP contribution in [0.1, 0.15) is 17.0 Å². The number of hydrogen-bond donors (Lipinski definition) is 1. The first-order valence-corrected chi connectivity index (χ1v) is 8.12. The number of carboxylic acid groups (broad SMARTS) is 1. The highest BCUT2D eigenvalue weighted by Gasteiger charge is 2.31. The number of halogens is 1. The van der Waals surface area contributed by atoms with E-state index in [-0.39, 0.29) is 12.4 Å². The van der Waals surface area contributed by atoms with Gasteiger partial charge in [0, 0.05) is 18.7 Å². The van der Waals surface area contributed by atoms with Gasteiger partial charge in [0.25, 0.3) is 0 Å². The lowest BCUT2D eigenvalue weighted by Crippen LogP contribution is -2.37. The maximum absolute atomic E-state index is 13.5. The van der Waals surface area contributed by atoms with E-state index < -0.39 is 11.9 Å². The molecule has 2 aromatic carbocycles. The molecule has 0 saturated heterocycles. The quantitative estimate of drug-likeness (QED) is 0.782. The maximum atomic E-state index is 13.5. The summed E-state index contributed by atoms with van der Waals surface area (Å²) in [5.41, 5.74) is 2.29. The SMILES string of the molecule is O=C(O)C1CN(c2ncnc(-c3cccc(F)c3)n2)Cc2ccccc21. The molecule has 3 aromatic rings. The summed E-state index contributed by atoms with van der Waals surface area (Å²) in [5.74, 6) is -1.20. The van der Waals surface area contributed by atoms with E-state index in [1.807, 2.05) is 29.2 Å². The van der Waals surface area contributed by atoms with Crippen molar-refractivity contribution in [1.29, 1.82) is 0 Å². The van der Waals surface area contributed by atoms with Crippen LogP contribution in [-0.2, 0) is 11.3 Å². The highest BCUT2D eigenvalue weighted by Crippen LogP contribution is 2.30. The molecule has 130 valence electrons. The molecule has 6 nitrogen and oxygen atoms in total. The van der Waals surface area contributed by atoms with Crippen LogP contribution in [0.3, 0.4) is 0 Å². The smallest absolute Gasteiger partial charge is 0.312 e. The Labute approximate surface area is 149 Å². The first-order valence-electron chi connectivity index (χ1n) is 8.12. The van der Waals surface area contributed by atoms with Crippen molar-refractivity contribution >= 4 is 11.9 Å². The minimum Gasteiger partial charge on any atom is -0.481 e. The fraction of sp³-hybridized carbons (Fsp3) is 0.158. The van der Waals surface area contributed by atoms with Gasteiger partial charge in [-0.15, -0.1) is 0 Å². The van der Waals surface area contributed by atoms with Crippen LogP contribution in [0.4, 0.5) is 10.3 Å². The van der Waals surface area contributed by atoms with Crippen molar-refractivity contribution in [3.8, 4) is 11.4 Å². The van der Waals surface area contributed by atoms with E-state index in [4.69, 9.17) is 0 Å². The summed E-state index contributed by atoms with van der Waals surface area (Å²) in [6.07, 6.45) is 1.36. The molecule has 0 bridgehead atoms. The van der Waals surface area contributed by atoms with Crippen LogP contribution in [0.2, 0.25) is 0 Å². The molecule has 0 amide bonds. The maximum Gasteiger partial charge on any atom is 0.312 e. The number of anilines is 1. The van der Waals surface area contributed by atoms with Crippen molar-refractivity contribution in [3.05, 3.63) is 71.8 Å². The molecule has 1 atom stereocenters. The van der Waals surface area contributed by atoms with E-state index >= 15 is 0 Å². The van der Waals surface area contributed by atoms with Gasteiger partial charge in [0.15, 0.2) is 5.82 Å². The summed E-state index contributed by atoms with van der Waals surface area (Å²) in [6, 6.07) is 13.5. The van der Waals surface area contributed by atoms with E-state index in [2.05, 4.69) is 15.0 Å². The van der Waals surface area contributed by atoms with Crippen LogP contribution >= 0.6 is 0 Å². The Bertz CT molecular complexity index is 979. The summed E-state index contributed by atoms with van der Waals surface area (Å²) in [4.78, 5) is 26.2. The zero-order valence-electron chi connectivity index (χ0n) is 13.7. The van der Waals surface area contributed by atoms with Gasteiger partial charge in [0.05, 0.1) is 5.92 Å². The number of hydrogen-bond acceptors (Lipinski definition) is 5. The van der Waals surface area contributed by atoms with Crippen molar-refractivity contribution in [2.45, 2.75) is 12.5 Å².